The molecular weight excluding hydrogens is 559 g/mol. The largest absolute Gasteiger partial charge is 0.444 e. The number of piperazine rings is 1. The predicted octanol–water partition coefficient (Wildman–Crippen LogP) is 6.79. The number of ether oxygens (including phenoxy) is 1. The van der Waals surface area contributed by atoms with Gasteiger partial charge in [-0.1, -0.05) is 12.1 Å². The van der Waals surface area contributed by atoms with Crippen molar-refractivity contribution in [2.24, 2.45) is 0 Å². The molecule has 5 rings (SSSR count). The van der Waals surface area contributed by atoms with Gasteiger partial charge in [-0.05, 0) is 69.9 Å². The fraction of sp³-hybridized carbons (Fsp3) is 0.462. The molecule has 180 valence electrons. The van der Waals surface area contributed by atoms with Crippen molar-refractivity contribution in [1.82, 2.24) is 13.9 Å². The van der Waals surface area contributed by atoms with Gasteiger partial charge in [0.25, 0.3) is 0 Å². The van der Waals surface area contributed by atoms with Gasteiger partial charge in [-0.2, -0.15) is 0 Å². The van der Waals surface area contributed by atoms with Crippen LogP contribution in [0.2, 0.25) is 0 Å². The zero-order chi connectivity index (χ0) is 24.0. The highest BCUT2D eigenvalue weighted by Gasteiger charge is 2.30. The summed E-state index contributed by atoms with van der Waals surface area (Å²) in [5.41, 5.74) is 6.78. The van der Waals surface area contributed by atoms with E-state index in [4.69, 9.17) is 9.72 Å². The van der Waals surface area contributed by atoms with E-state index in [2.05, 4.69) is 73.5 Å². The Hall–Kier alpha value is -1.94. The van der Waals surface area contributed by atoms with E-state index in [1.165, 1.54) is 46.3 Å². The fourth-order valence-electron chi connectivity index (χ4n) is 4.56. The molecule has 1 saturated carbocycles. The number of nitrogens with zero attached hydrogens (tertiary/aromatic N) is 4. The Morgan fingerprint density at radius 1 is 1.12 bits per heavy atom. The minimum absolute atomic E-state index is 0.219. The molecule has 1 aromatic carbocycles. The van der Waals surface area contributed by atoms with Crippen LogP contribution in [0.4, 0.5) is 10.5 Å². The lowest BCUT2D eigenvalue weighted by Gasteiger charge is -2.36. The van der Waals surface area contributed by atoms with Gasteiger partial charge in [0.05, 0.1) is 5.69 Å². The summed E-state index contributed by atoms with van der Waals surface area (Å²) in [5.74, 6) is 0.572. The van der Waals surface area contributed by atoms with Gasteiger partial charge in [0.2, 0.25) is 0 Å². The maximum Gasteiger partial charge on any atom is 0.410 e. The van der Waals surface area contributed by atoms with E-state index in [-0.39, 0.29) is 6.09 Å². The number of fused-ring (bicyclic) bond motifs is 1. The average molecular weight is 591 g/mol. The minimum Gasteiger partial charge on any atom is -0.444 e. The monoisotopic (exact) mass is 590 g/mol. The lowest BCUT2D eigenvalue weighted by atomic mass is 9.99. The molecule has 0 unspecified atom stereocenters. The van der Waals surface area contributed by atoms with Crippen molar-refractivity contribution in [3.05, 3.63) is 47.8 Å². The number of carbonyl (C=O) groups is 1. The smallest absolute Gasteiger partial charge is 0.410 e. The topological polar surface area (TPSA) is 50.6 Å². The Kier molecular flexibility index (Phi) is 6.48. The Labute approximate surface area is 217 Å². The molecule has 0 bridgehead atoms. The summed E-state index contributed by atoms with van der Waals surface area (Å²) in [7, 11) is 1.67. The molecule has 34 heavy (non-hydrogen) atoms. The molecule has 6 nitrogen and oxygen atoms in total. The third-order valence-electron chi connectivity index (χ3n) is 6.49. The molecule has 2 aliphatic rings. The molecule has 0 N–H and O–H groups in total. The first kappa shape index (κ1) is 23.8. The van der Waals surface area contributed by atoms with Crippen molar-refractivity contribution in [2.45, 2.75) is 52.1 Å². The second-order valence-electron chi connectivity index (χ2n) is 10.3. The van der Waals surface area contributed by atoms with E-state index < -0.39 is 5.60 Å². The molecule has 1 aliphatic carbocycles. The van der Waals surface area contributed by atoms with Crippen molar-refractivity contribution in [3.63, 3.8) is 0 Å². The molecule has 0 spiro atoms. The van der Waals surface area contributed by atoms with E-state index in [1.807, 2.05) is 20.8 Å². The average Bonchev–Trinajstić information content (AvgIpc) is 3.61. The first-order valence-electron chi connectivity index (χ1n) is 11.9. The standard InChI is InChI=1S/C26H31IN4O2S/c1-17-16-31(34-27)24-21(17)15-22(23(28-24)19-5-6-19)18-7-9-20(10-8-18)29-11-13-30(14-12-29)25(32)33-26(2,3)4/h7-10,15-16,19H,5-6,11-14H2,1-4H3. The van der Waals surface area contributed by atoms with Crippen molar-refractivity contribution < 1.29 is 9.53 Å². The van der Waals surface area contributed by atoms with Gasteiger partial charge < -0.3 is 14.5 Å². The maximum atomic E-state index is 12.4. The quantitative estimate of drug-likeness (QED) is 0.313. The summed E-state index contributed by atoms with van der Waals surface area (Å²) in [6.45, 7) is 10.8. The first-order chi connectivity index (χ1) is 16.2. The molecule has 8 heteroatoms. The number of anilines is 1. The van der Waals surface area contributed by atoms with E-state index in [9.17, 15) is 4.79 Å². The minimum atomic E-state index is -0.461. The highest BCUT2D eigenvalue weighted by atomic mass is 127. The zero-order valence-corrected chi connectivity index (χ0v) is 23.1. The molecule has 0 atom stereocenters. The zero-order valence-electron chi connectivity index (χ0n) is 20.2. The van der Waals surface area contributed by atoms with Crippen LogP contribution in [0.25, 0.3) is 22.2 Å². The van der Waals surface area contributed by atoms with Crippen molar-refractivity contribution >= 4 is 53.1 Å². The van der Waals surface area contributed by atoms with E-state index >= 15 is 0 Å². The van der Waals surface area contributed by atoms with Crippen LogP contribution in [0.3, 0.4) is 0 Å². The Balaban J connectivity index is 1.35. The first-order valence-corrected chi connectivity index (χ1v) is 15.2. The molecule has 3 aromatic rings. The summed E-state index contributed by atoms with van der Waals surface area (Å²) in [4.78, 5) is 21.7. The third-order valence-corrected chi connectivity index (χ3v) is 8.19. The van der Waals surface area contributed by atoms with Crippen LogP contribution in [0.1, 0.15) is 50.8 Å². The molecule has 2 fully saturated rings. The summed E-state index contributed by atoms with van der Waals surface area (Å²) in [6, 6.07) is 11.2. The van der Waals surface area contributed by atoms with Gasteiger partial charge in [0.1, 0.15) is 5.60 Å². The second-order valence-corrected chi connectivity index (χ2v) is 12.0. The highest BCUT2D eigenvalue weighted by Crippen LogP contribution is 2.45. The molecular formula is C26H31IN4O2S. The SMILES string of the molecule is Cc1cn(SI)c2nc(C3CC3)c(-c3ccc(N4CCN(C(=O)OC(C)(C)C)CC4)cc3)cc12. The van der Waals surface area contributed by atoms with Gasteiger partial charge in [-0.15, -0.1) is 0 Å². The number of hydrogen-bond donors (Lipinski definition) is 0. The van der Waals surface area contributed by atoms with Crippen LogP contribution in [0.5, 0.6) is 0 Å². The number of hydrogen-bond acceptors (Lipinski definition) is 5. The van der Waals surface area contributed by atoms with Crippen LogP contribution in [0.15, 0.2) is 36.5 Å². The van der Waals surface area contributed by atoms with Gasteiger partial charge in [-0.25, -0.2) is 9.78 Å². The number of pyridine rings is 1. The second kappa shape index (κ2) is 9.26. The fourth-order valence-corrected chi connectivity index (χ4v) is 5.86. The highest BCUT2D eigenvalue weighted by molar-refractivity contribution is 14.2. The molecule has 1 saturated heterocycles. The molecule has 3 heterocycles. The Morgan fingerprint density at radius 3 is 2.38 bits per heavy atom. The van der Waals surface area contributed by atoms with Gasteiger partial charge >= 0.3 is 6.09 Å². The number of aromatic nitrogens is 2. The third kappa shape index (κ3) is 4.89. The predicted molar refractivity (Wildman–Crippen MR) is 149 cm³/mol. The lowest BCUT2D eigenvalue weighted by molar-refractivity contribution is 0.0240. The summed E-state index contributed by atoms with van der Waals surface area (Å²) >= 11 is 2.32. The van der Waals surface area contributed by atoms with Gasteiger partial charge in [0.15, 0.2) is 5.65 Å². The van der Waals surface area contributed by atoms with Crippen LogP contribution in [-0.2, 0) is 4.74 Å². The number of rotatable bonds is 4. The normalized spacial score (nSPS) is 16.9. The number of aryl methyl sites for hydroxylation is 1. The Morgan fingerprint density at radius 2 is 1.79 bits per heavy atom. The van der Waals surface area contributed by atoms with Crippen molar-refractivity contribution in [2.75, 3.05) is 31.1 Å². The summed E-state index contributed by atoms with van der Waals surface area (Å²) in [6.07, 6.45) is 4.41. The molecule has 2 aromatic heterocycles. The van der Waals surface area contributed by atoms with Gasteiger partial charge in [0, 0.05) is 85.3 Å². The van der Waals surface area contributed by atoms with Crippen molar-refractivity contribution in [3.8, 4) is 11.1 Å². The van der Waals surface area contributed by atoms with Crippen LogP contribution in [0, 0.1) is 6.92 Å². The molecule has 1 aliphatic heterocycles. The number of amides is 1. The lowest BCUT2D eigenvalue weighted by Crippen LogP contribution is -2.50. The van der Waals surface area contributed by atoms with E-state index in [0.29, 0.717) is 19.0 Å². The maximum absolute atomic E-state index is 12.4. The summed E-state index contributed by atoms with van der Waals surface area (Å²) < 4.78 is 7.69. The number of carbonyl (C=O) groups excluding carboxylic acids is 1. The van der Waals surface area contributed by atoms with Gasteiger partial charge in [-0.3, -0.25) is 3.97 Å². The van der Waals surface area contributed by atoms with E-state index in [1.54, 1.807) is 14.0 Å². The van der Waals surface area contributed by atoms with Crippen LogP contribution >= 0.6 is 30.3 Å². The number of halogens is 1. The Bertz CT molecular complexity index is 1210. The van der Waals surface area contributed by atoms with E-state index in [0.717, 1.165) is 18.7 Å². The molecule has 1 amide bonds. The van der Waals surface area contributed by atoms with Crippen LogP contribution < -0.4 is 4.90 Å². The summed E-state index contributed by atoms with van der Waals surface area (Å²) in [5, 5.41) is 1.23. The van der Waals surface area contributed by atoms with Crippen molar-refractivity contribution in [1.29, 1.82) is 0 Å². The molecule has 0 radical (unpaired) electrons. The van der Waals surface area contributed by atoms with Crippen LogP contribution in [-0.4, -0.2) is 51.7 Å². The number of benzene rings is 1.